The van der Waals surface area contributed by atoms with E-state index in [1.165, 1.54) is 7.11 Å². The maximum Gasteiger partial charge on any atom is 0.313 e. The highest BCUT2D eigenvalue weighted by molar-refractivity contribution is 5.95. The number of hydrogen-bond acceptors (Lipinski definition) is 3. The molecule has 0 aliphatic heterocycles. The second-order valence-corrected chi connectivity index (χ2v) is 3.46. The molecule has 0 heterocycles. The van der Waals surface area contributed by atoms with E-state index >= 15 is 0 Å². The van der Waals surface area contributed by atoms with Gasteiger partial charge in [-0.15, -0.1) is 0 Å². The maximum absolute atomic E-state index is 11.3. The molecular weight excluding hydrogens is 216 g/mol. The van der Waals surface area contributed by atoms with Crippen molar-refractivity contribution in [2.45, 2.75) is 19.3 Å². The highest BCUT2D eigenvalue weighted by Gasteiger charge is 2.07. The van der Waals surface area contributed by atoms with Crippen molar-refractivity contribution in [3.05, 3.63) is 35.9 Å². The summed E-state index contributed by atoms with van der Waals surface area (Å²) in [5.74, 6) is 5.22. The zero-order chi connectivity index (χ0) is 12.5. The first-order valence-corrected chi connectivity index (χ1v) is 5.35. The predicted octanol–water partition coefficient (Wildman–Crippen LogP) is 1.95. The Morgan fingerprint density at radius 2 is 1.94 bits per heavy atom. The monoisotopic (exact) mass is 230 g/mol. The Morgan fingerprint density at radius 1 is 1.24 bits per heavy atom. The lowest BCUT2D eigenvalue weighted by atomic mass is 10.1. The molecule has 0 bridgehead atoms. The van der Waals surface area contributed by atoms with Crippen LogP contribution in [-0.4, -0.2) is 18.9 Å². The molecular formula is C14H14O3. The third kappa shape index (κ3) is 5.53. The molecule has 17 heavy (non-hydrogen) atoms. The molecule has 0 fully saturated rings. The second kappa shape index (κ2) is 7.24. The van der Waals surface area contributed by atoms with Gasteiger partial charge in [0.1, 0.15) is 12.2 Å². The molecule has 0 atom stereocenters. The van der Waals surface area contributed by atoms with Crippen molar-refractivity contribution in [3.8, 4) is 11.8 Å². The van der Waals surface area contributed by atoms with Crippen LogP contribution in [0, 0.1) is 11.8 Å². The molecule has 0 aliphatic rings. The molecule has 3 heteroatoms. The van der Waals surface area contributed by atoms with Crippen LogP contribution in [0.3, 0.4) is 0 Å². The van der Waals surface area contributed by atoms with Crippen LogP contribution in [0.1, 0.15) is 24.8 Å². The smallest absolute Gasteiger partial charge is 0.313 e. The third-order valence-corrected chi connectivity index (χ3v) is 2.10. The van der Waals surface area contributed by atoms with Gasteiger partial charge in [0.05, 0.1) is 7.11 Å². The first kappa shape index (κ1) is 13.0. The summed E-state index contributed by atoms with van der Waals surface area (Å²) in [4.78, 5) is 22.1. The van der Waals surface area contributed by atoms with Crippen molar-refractivity contribution in [2.24, 2.45) is 0 Å². The van der Waals surface area contributed by atoms with Crippen molar-refractivity contribution in [1.29, 1.82) is 0 Å². The fourth-order valence-electron chi connectivity index (χ4n) is 1.21. The van der Waals surface area contributed by atoms with Crippen LogP contribution in [0.2, 0.25) is 0 Å². The number of ether oxygens (including phenoxy) is 1. The molecule has 0 aliphatic carbocycles. The van der Waals surface area contributed by atoms with Crippen molar-refractivity contribution < 1.29 is 14.3 Å². The van der Waals surface area contributed by atoms with E-state index in [0.717, 1.165) is 5.56 Å². The van der Waals surface area contributed by atoms with Crippen molar-refractivity contribution in [3.63, 3.8) is 0 Å². The molecule has 3 nitrogen and oxygen atoms in total. The van der Waals surface area contributed by atoms with E-state index < -0.39 is 5.97 Å². The average molecular weight is 230 g/mol. The van der Waals surface area contributed by atoms with E-state index in [2.05, 4.69) is 16.6 Å². The number of carbonyl (C=O) groups excluding carboxylic acids is 2. The number of benzene rings is 1. The molecule has 0 radical (unpaired) electrons. The van der Waals surface area contributed by atoms with E-state index in [1.54, 1.807) is 0 Å². The van der Waals surface area contributed by atoms with Crippen molar-refractivity contribution in [1.82, 2.24) is 0 Å². The molecule has 0 amide bonds. The van der Waals surface area contributed by atoms with Crippen LogP contribution in [-0.2, 0) is 14.3 Å². The normalized spacial score (nSPS) is 9.00. The molecule has 1 rings (SSSR count). The van der Waals surface area contributed by atoms with Crippen LogP contribution in [0.4, 0.5) is 0 Å². The summed E-state index contributed by atoms with van der Waals surface area (Å²) in [5.41, 5.74) is 0.924. The summed E-state index contributed by atoms with van der Waals surface area (Å²) >= 11 is 0. The number of Topliss-reactive ketones (excluding diaryl/α,β-unsaturated/α-hetero) is 1. The average Bonchev–Trinajstić information content (AvgIpc) is 2.36. The minimum absolute atomic E-state index is 0.140. The van der Waals surface area contributed by atoms with Gasteiger partial charge >= 0.3 is 5.97 Å². The standard InChI is InChI=1S/C14H14O3/c1-17-14(16)11-13(15)10-6-5-9-12-7-3-2-4-8-12/h2-4,7-8H,6,10-11H2,1H3. The van der Waals surface area contributed by atoms with Gasteiger partial charge < -0.3 is 4.74 Å². The van der Waals surface area contributed by atoms with Gasteiger partial charge in [-0.3, -0.25) is 9.59 Å². The highest BCUT2D eigenvalue weighted by Crippen LogP contribution is 1.98. The number of methoxy groups -OCH3 is 1. The Morgan fingerprint density at radius 3 is 2.59 bits per heavy atom. The Labute approximate surface area is 101 Å². The Balaban J connectivity index is 2.31. The lowest BCUT2D eigenvalue weighted by Crippen LogP contribution is -2.08. The minimum Gasteiger partial charge on any atom is -0.469 e. The van der Waals surface area contributed by atoms with Gasteiger partial charge in [-0.25, -0.2) is 0 Å². The molecule has 0 spiro atoms. The van der Waals surface area contributed by atoms with Crippen LogP contribution in [0.15, 0.2) is 30.3 Å². The first-order chi connectivity index (χ1) is 8.22. The van der Waals surface area contributed by atoms with E-state index in [0.29, 0.717) is 6.42 Å². The molecule has 1 aromatic carbocycles. The second-order valence-electron chi connectivity index (χ2n) is 3.46. The van der Waals surface area contributed by atoms with Crippen LogP contribution in [0.5, 0.6) is 0 Å². The Hall–Kier alpha value is -2.08. The highest BCUT2D eigenvalue weighted by atomic mass is 16.5. The number of esters is 1. The summed E-state index contributed by atoms with van der Waals surface area (Å²) < 4.78 is 4.40. The molecule has 1 aromatic rings. The van der Waals surface area contributed by atoms with Gasteiger partial charge in [-0.05, 0) is 12.1 Å². The minimum atomic E-state index is -0.494. The number of carbonyl (C=O) groups is 2. The van der Waals surface area contributed by atoms with E-state index in [-0.39, 0.29) is 18.6 Å². The molecule has 0 saturated carbocycles. The van der Waals surface area contributed by atoms with Crippen LogP contribution in [0.25, 0.3) is 0 Å². The van der Waals surface area contributed by atoms with Gasteiger partial charge in [-0.1, -0.05) is 30.0 Å². The predicted molar refractivity (Wildman–Crippen MR) is 64.2 cm³/mol. The number of hydrogen-bond donors (Lipinski definition) is 0. The summed E-state index contributed by atoms with van der Waals surface area (Å²) in [7, 11) is 1.27. The SMILES string of the molecule is COC(=O)CC(=O)CCC#Cc1ccccc1. The third-order valence-electron chi connectivity index (χ3n) is 2.10. The van der Waals surface area contributed by atoms with Crippen molar-refractivity contribution in [2.75, 3.05) is 7.11 Å². The van der Waals surface area contributed by atoms with Gasteiger partial charge in [0.2, 0.25) is 0 Å². The molecule has 88 valence electrons. The fourth-order valence-corrected chi connectivity index (χ4v) is 1.21. The summed E-state index contributed by atoms with van der Waals surface area (Å²) in [6.45, 7) is 0. The van der Waals surface area contributed by atoms with Gasteiger partial charge in [-0.2, -0.15) is 0 Å². The summed E-state index contributed by atoms with van der Waals surface area (Å²) in [6.07, 6.45) is 0.586. The topological polar surface area (TPSA) is 43.4 Å². The zero-order valence-electron chi connectivity index (χ0n) is 9.73. The van der Waals surface area contributed by atoms with Gasteiger partial charge in [0.25, 0.3) is 0 Å². The largest absolute Gasteiger partial charge is 0.469 e. The van der Waals surface area contributed by atoms with Crippen LogP contribution >= 0.6 is 0 Å². The molecule has 0 aromatic heterocycles. The first-order valence-electron chi connectivity index (χ1n) is 5.35. The van der Waals surface area contributed by atoms with E-state index in [9.17, 15) is 9.59 Å². The van der Waals surface area contributed by atoms with Crippen LogP contribution < -0.4 is 0 Å². The fraction of sp³-hybridized carbons (Fsp3) is 0.286. The molecule has 0 saturated heterocycles. The zero-order valence-corrected chi connectivity index (χ0v) is 9.73. The lowest BCUT2D eigenvalue weighted by molar-refractivity contribution is -0.143. The lowest BCUT2D eigenvalue weighted by Gasteiger charge is -1.96. The van der Waals surface area contributed by atoms with Gasteiger partial charge in [0, 0.05) is 18.4 Å². The maximum atomic E-state index is 11.3. The van der Waals surface area contributed by atoms with Crippen molar-refractivity contribution >= 4 is 11.8 Å². The van der Waals surface area contributed by atoms with Gasteiger partial charge in [0.15, 0.2) is 0 Å². The molecule has 0 unspecified atom stereocenters. The Kier molecular flexibility index (Phi) is 5.53. The number of ketones is 1. The summed E-state index contributed by atoms with van der Waals surface area (Å²) in [5, 5.41) is 0. The van der Waals surface area contributed by atoms with E-state index in [4.69, 9.17) is 0 Å². The quantitative estimate of drug-likeness (QED) is 0.451. The van der Waals surface area contributed by atoms with E-state index in [1.807, 2.05) is 30.3 Å². The number of rotatable bonds is 4. The molecule has 0 N–H and O–H groups in total. The summed E-state index contributed by atoms with van der Waals surface area (Å²) in [6, 6.07) is 9.55. The Bertz CT molecular complexity index is 438.